The van der Waals surface area contributed by atoms with Crippen LogP contribution < -0.4 is 5.32 Å². The molecule has 1 aromatic rings. The van der Waals surface area contributed by atoms with Crippen LogP contribution in [0.15, 0.2) is 34.1 Å². The van der Waals surface area contributed by atoms with Crippen molar-refractivity contribution >= 4 is 21.6 Å². The van der Waals surface area contributed by atoms with Gasteiger partial charge >= 0.3 is 0 Å². The fraction of sp³-hybridized carbons (Fsp3) is 0.600. The highest BCUT2D eigenvalue weighted by Gasteiger charge is 2.05. The molecule has 6 heteroatoms. The number of hydrogen-bond acceptors (Lipinski definition) is 5. The molecule has 0 atom stereocenters. The van der Waals surface area contributed by atoms with Crippen LogP contribution in [0.25, 0.3) is 0 Å². The maximum Gasteiger partial charge on any atom is 0.175 e. The summed E-state index contributed by atoms with van der Waals surface area (Å²) < 4.78 is 28.0. The Balaban J connectivity index is 2.10. The highest BCUT2D eigenvalue weighted by molar-refractivity contribution is 7.99. The van der Waals surface area contributed by atoms with Crippen LogP contribution in [0.4, 0.5) is 0 Å². The zero-order valence-electron chi connectivity index (χ0n) is 12.8. The Kier molecular flexibility index (Phi) is 8.99. The molecule has 0 unspecified atom stereocenters. The summed E-state index contributed by atoms with van der Waals surface area (Å²) in [4.78, 5) is 1.47. The number of unbranched alkanes of at least 4 members (excludes halogenated alkanes) is 1. The summed E-state index contributed by atoms with van der Waals surface area (Å²) in [5.74, 6) is 0.976. The summed E-state index contributed by atoms with van der Waals surface area (Å²) in [7, 11) is -3.09. The molecule has 0 saturated carbocycles. The molecular weight excluding hydrogens is 306 g/mol. The van der Waals surface area contributed by atoms with Crippen LogP contribution >= 0.6 is 11.8 Å². The fourth-order valence-electron chi connectivity index (χ4n) is 1.75. The average Bonchev–Trinajstić information content (AvgIpc) is 2.45. The first kappa shape index (κ1) is 18.5. The number of benzene rings is 1. The fourth-order valence-corrected chi connectivity index (χ4v) is 3.19. The van der Waals surface area contributed by atoms with Gasteiger partial charge in [0.1, 0.15) is 0 Å². The van der Waals surface area contributed by atoms with Gasteiger partial charge in [0.15, 0.2) is 9.84 Å². The van der Waals surface area contributed by atoms with Gasteiger partial charge in [-0.2, -0.15) is 0 Å². The number of thioether (sulfide) groups is 1. The lowest BCUT2D eigenvalue weighted by Crippen LogP contribution is -2.18. The molecule has 1 aromatic carbocycles. The lowest BCUT2D eigenvalue weighted by atomic mass is 10.3. The highest BCUT2D eigenvalue weighted by atomic mass is 32.2. The standard InChI is InChI=1S/C15H25NO3S2/c1-3-19-12-5-4-10-16-11-13-20-14-6-8-15(9-7-14)21(2,17)18/h6-9,16H,3-5,10-13H2,1-2H3. The molecule has 120 valence electrons. The smallest absolute Gasteiger partial charge is 0.175 e. The molecule has 0 aliphatic rings. The van der Waals surface area contributed by atoms with Gasteiger partial charge in [0.2, 0.25) is 0 Å². The molecule has 0 aliphatic heterocycles. The number of nitrogens with one attached hydrogen (secondary N) is 1. The minimum absolute atomic E-state index is 0.374. The van der Waals surface area contributed by atoms with Crippen LogP contribution in [0, 0.1) is 0 Å². The quantitative estimate of drug-likeness (QED) is 0.499. The molecule has 0 spiro atoms. The molecule has 1 N–H and O–H groups in total. The number of hydrogen-bond donors (Lipinski definition) is 1. The number of rotatable bonds is 11. The van der Waals surface area contributed by atoms with Crippen molar-refractivity contribution in [2.75, 3.05) is 38.3 Å². The average molecular weight is 332 g/mol. The Morgan fingerprint density at radius 3 is 2.48 bits per heavy atom. The van der Waals surface area contributed by atoms with E-state index in [9.17, 15) is 8.42 Å². The summed E-state index contributed by atoms with van der Waals surface area (Å²) in [6.07, 6.45) is 3.46. The van der Waals surface area contributed by atoms with Gasteiger partial charge in [-0.15, -0.1) is 11.8 Å². The first-order valence-electron chi connectivity index (χ1n) is 7.25. The normalized spacial score (nSPS) is 11.7. The van der Waals surface area contributed by atoms with Crippen molar-refractivity contribution in [2.45, 2.75) is 29.6 Å². The highest BCUT2D eigenvalue weighted by Crippen LogP contribution is 2.19. The van der Waals surface area contributed by atoms with E-state index in [2.05, 4.69) is 5.32 Å². The molecule has 21 heavy (non-hydrogen) atoms. The van der Waals surface area contributed by atoms with Crippen LogP contribution in [0.1, 0.15) is 19.8 Å². The van der Waals surface area contributed by atoms with Crippen LogP contribution in [0.5, 0.6) is 0 Å². The van der Waals surface area contributed by atoms with Gasteiger partial charge in [-0.05, 0) is 50.6 Å². The van der Waals surface area contributed by atoms with Crippen molar-refractivity contribution < 1.29 is 13.2 Å². The minimum Gasteiger partial charge on any atom is -0.382 e. The molecule has 0 radical (unpaired) electrons. The van der Waals surface area contributed by atoms with E-state index in [4.69, 9.17) is 4.74 Å². The van der Waals surface area contributed by atoms with Crippen molar-refractivity contribution in [3.63, 3.8) is 0 Å². The largest absolute Gasteiger partial charge is 0.382 e. The third kappa shape index (κ3) is 8.46. The van der Waals surface area contributed by atoms with E-state index in [0.29, 0.717) is 4.90 Å². The molecule has 4 nitrogen and oxygen atoms in total. The first-order valence-corrected chi connectivity index (χ1v) is 10.1. The zero-order valence-corrected chi connectivity index (χ0v) is 14.4. The van der Waals surface area contributed by atoms with Crippen LogP contribution in [-0.2, 0) is 14.6 Å². The summed E-state index contributed by atoms with van der Waals surface area (Å²) in [5.41, 5.74) is 0. The van der Waals surface area contributed by atoms with Crippen molar-refractivity contribution in [3.05, 3.63) is 24.3 Å². The molecule has 0 heterocycles. The van der Waals surface area contributed by atoms with E-state index in [1.165, 1.54) is 6.26 Å². The first-order chi connectivity index (χ1) is 10.0. The van der Waals surface area contributed by atoms with Crippen LogP contribution in [0.3, 0.4) is 0 Å². The molecule has 1 rings (SSSR count). The second-order valence-corrected chi connectivity index (χ2v) is 7.93. The second kappa shape index (κ2) is 10.2. The van der Waals surface area contributed by atoms with Gasteiger partial charge < -0.3 is 10.1 Å². The maximum absolute atomic E-state index is 11.3. The minimum atomic E-state index is -3.09. The van der Waals surface area contributed by atoms with Gasteiger partial charge in [0, 0.05) is 36.7 Å². The Morgan fingerprint density at radius 1 is 1.14 bits per heavy atom. The Hall–Kier alpha value is -0.560. The van der Waals surface area contributed by atoms with E-state index in [1.54, 1.807) is 23.9 Å². The number of ether oxygens (including phenoxy) is 1. The monoisotopic (exact) mass is 331 g/mol. The van der Waals surface area contributed by atoms with Crippen LogP contribution in [-0.4, -0.2) is 46.7 Å². The summed E-state index contributed by atoms with van der Waals surface area (Å²) >= 11 is 1.73. The van der Waals surface area contributed by atoms with E-state index in [0.717, 1.165) is 49.8 Å². The predicted octanol–water partition coefficient (Wildman–Crippen LogP) is 2.59. The van der Waals surface area contributed by atoms with Crippen molar-refractivity contribution in [3.8, 4) is 0 Å². The molecule has 0 saturated heterocycles. The Labute approximate surface area is 132 Å². The van der Waals surface area contributed by atoms with Gasteiger partial charge in [-0.1, -0.05) is 0 Å². The number of sulfone groups is 1. The van der Waals surface area contributed by atoms with Gasteiger partial charge in [0.25, 0.3) is 0 Å². The summed E-state index contributed by atoms with van der Waals surface area (Å²) in [6.45, 7) is 5.62. The Bertz CT molecular complexity index is 486. The SMILES string of the molecule is CCOCCCCNCCSc1ccc(S(C)(=O)=O)cc1. The lowest BCUT2D eigenvalue weighted by molar-refractivity contribution is 0.143. The van der Waals surface area contributed by atoms with Crippen LogP contribution in [0.2, 0.25) is 0 Å². The molecule has 0 fully saturated rings. The van der Waals surface area contributed by atoms with Gasteiger partial charge in [-0.25, -0.2) is 8.42 Å². The zero-order chi connectivity index (χ0) is 15.6. The summed E-state index contributed by atoms with van der Waals surface area (Å²) in [6, 6.07) is 7.06. The maximum atomic E-state index is 11.3. The lowest BCUT2D eigenvalue weighted by Gasteiger charge is -2.06. The third-order valence-corrected chi connectivity index (χ3v) is 5.04. The summed E-state index contributed by atoms with van der Waals surface area (Å²) in [5, 5.41) is 3.40. The van der Waals surface area contributed by atoms with E-state index in [1.807, 2.05) is 19.1 Å². The van der Waals surface area contributed by atoms with E-state index >= 15 is 0 Å². The molecule has 0 bridgehead atoms. The molecule has 0 amide bonds. The predicted molar refractivity (Wildman–Crippen MR) is 88.9 cm³/mol. The van der Waals surface area contributed by atoms with E-state index < -0.39 is 9.84 Å². The van der Waals surface area contributed by atoms with E-state index in [-0.39, 0.29) is 0 Å². The second-order valence-electron chi connectivity index (χ2n) is 4.75. The third-order valence-electron chi connectivity index (χ3n) is 2.90. The molecule has 0 aromatic heterocycles. The van der Waals surface area contributed by atoms with Gasteiger partial charge in [0.05, 0.1) is 4.90 Å². The molecular formula is C15H25NO3S2. The van der Waals surface area contributed by atoms with Crippen molar-refractivity contribution in [1.82, 2.24) is 5.32 Å². The molecule has 0 aliphatic carbocycles. The topological polar surface area (TPSA) is 55.4 Å². The Morgan fingerprint density at radius 2 is 1.86 bits per heavy atom. The van der Waals surface area contributed by atoms with Crippen molar-refractivity contribution in [2.24, 2.45) is 0 Å². The van der Waals surface area contributed by atoms with Crippen molar-refractivity contribution in [1.29, 1.82) is 0 Å². The van der Waals surface area contributed by atoms with Gasteiger partial charge in [-0.3, -0.25) is 0 Å².